The Labute approximate surface area is 137 Å². The number of para-hydroxylation sites is 1. The third-order valence-electron chi connectivity index (χ3n) is 3.48. The van der Waals surface area contributed by atoms with Gasteiger partial charge in [-0.1, -0.05) is 23.4 Å². The number of fused-ring (bicyclic) bond motifs is 1. The second-order valence-electron chi connectivity index (χ2n) is 5.38. The fraction of sp³-hybridized carbons (Fsp3) is 0.235. The van der Waals surface area contributed by atoms with Crippen LogP contribution in [0.25, 0.3) is 11.0 Å². The van der Waals surface area contributed by atoms with Gasteiger partial charge in [0.15, 0.2) is 11.4 Å². The lowest BCUT2D eigenvalue weighted by Crippen LogP contribution is -2.35. The maximum Gasteiger partial charge on any atom is 0.226 e. The summed E-state index contributed by atoms with van der Waals surface area (Å²) in [5.74, 6) is -0.129. The van der Waals surface area contributed by atoms with Crippen LogP contribution in [0.4, 0.5) is 0 Å². The highest BCUT2D eigenvalue weighted by Gasteiger charge is 2.16. The van der Waals surface area contributed by atoms with Crippen LogP contribution in [0.5, 0.6) is 0 Å². The predicted molar refractivity (Wildman–Crippen MR) is 88.6 cm³/mol. The number of benzene rings is 1. The molecule has 6 heteroatoms. The summed E-state index contributed by atoms with van der Waals surface area (Å²) in [6, 6.07) is 10.8. The Morgan fingerprint density at radius 3 is 2.87 bits per heavy atom. The van der Waals surface area contributed by atoms with Crippen LogP contribution in [0.2, 0.25) is 0 Å². The van der Waals surface area contributed by atoms with E-state index in [-0.39, 0.29) is 30.6 Å². The summed E-state index contributed by atoms with van der Waals surface area (Å²) >= 11 is 1.41. The first-order valence-electron chi connectivity index (χ1n) is 7.33. The second kappa shape index (κ2) is 6.75. The number of nitrogens with one attached hydrogen (secondary N) is 1. The van der Waals surface area contributed by atoms with Crippen molar-refractivity contribution in [3.05, 3.63) is 52.3 Å². The van der Waals surface area contributed by atoms with E-state index in [1.807, 2.05) is 42.6 Å². The number of thiophene rings is 1. The lowest BCUT2D eigenvalue weighted by Gasteiger charge is -2.12. The quantitative estimate of drug-likeness (QED) is 0.705. The number of carbonyl (C=O) groups is 2. The monoisotopic (exact) mass is 328 g/mol. The van der Waals surface area contributed by atoms with Crippen LogP contribution < -0.4 is 5.32 Å². The van der Waals surface area contributed by atoms with Crippen molar-refractivity contribution in [3.8, 4) is 0 Å². The highest BCUT2D eigenvalue weighted by molar-refractivity contribution is 7.12. The van der Waals surface area contributed by atoms with E-state index in [2.05, 4.69) is 10.5 Å². The average Bonchev–Trinajstić information content (AvgIpc) is 3.17. The van der Waals surface area contributed by atoms with E-state index < -0.39 is 0 Å². The minimum Gasteiger partial charge on any atom is -0.356 e. The zero-order valence-electron chi connectivity index (χ0n) is 12.6. The van der Waals surface area contributed by atoms with E-state index in [1.54, 1.807) is 6.07 Å². The molecule has 2 aromatic heterocycles. The number of nitrogens with zero attached hydrogens (tertiary/aromatic N) is 1. The lowest BCUT2D eigenvalue weighted by atomic mass is 10.1. The molecule has 0 spiro atoms. The highest BCUT2D eigenvalue weighted by Crippen LogP contribution is 2.18. The molecule has 3 aromatic rings. The van der Waals surface area contributed by atoms with Crippen LogP contribution in [-0.2, 0) is 11.2 Å². The Balaban J connectivity index is 1.57. The Kier molecular flexibility index (Phi) is 4.52. The lowest BCUT2D eigenvalue weighted by molar-refractivity contribution is -0.121. The summed E-state index contributed by atoms with van der Waals surface area (Å²) < 4.78 is 5.19. The third-order valence-corrected chi connectivity index (χ3v) is 4.39. The largest absolute Gasteiger partial charge is 0.356 e. The minimum absolute atomic E-state index is 0.0414. The smallest absolute Gasteiger partial charge is 0.226 e. The molecule has 1 N–H and O–H groups in total. The molecule has 1 aromatic carbocycles. The van der Waals surface area contributed by atoms with Crippen molar-refractivity contribution < 1.29 is 14.1 Å². The topological polar surface area (TPSA) is 72.2 Å². The Morgan fingerprint density at radius 1 is 1.26 bits per heavy atom. The number of hydrogen-bond acceptors (Lipinski definition) is 5. The van der Waals surface area contributed by atoms with Crippen LogP contribution >= 0.6 is 11.3 Å². The summed E-state index contributed by atoms with van der Waals surface area (Å²) in [4.78, 5) is 24.9. The first-order chi connectivity index (χ1) is 11.1. The normalized spacial score (nSPS) is 12.2. The van der Waals surface area contributed by atoms with Crippen molar-refractivity contribution in [3.63, 3.8) is 0 Å². The van der Waals surface area contributed by atoms with Crippen molar-refractivity contribution >= 4 is 34.0 Å². The van der Waals surface area contributed by atoms with E-state index in [4.69, 9.17) is 4.52 Å². The summed E-state index contributed by atoms with van der Waals surface area (Å²) in [6.07, 6.45) is 0.417. The molecule has 0 saturated carbocycles. The molecule has 0 aliphatic heterocycles. The van der Waals surface area contributed by atoms with E-state index >= 15 is 0 Å². The second-order valence-corrected chi connectivity index (χ2v) is 6.32. The SMILES string of the molecule is CC(CC(=O)c1cccs1)NC(=O)Cc1noc2ccccc12. The molecule has 0 aliphatic rings. The number of Topliss-reactive ketones (excluding diaryl/α,β-unsaturated/α-hetero) is 1. The number of aromatic nitrogens is 1. The zero-order valence-corrected chi connectivity index (χ0v) is 13.4. The summed E-state index contributed by atoms with van der Waals surface area (Å²) in [5, 5.41) is 9.49. The average molecular weight is 328 g/mol. The van der Waals surface area contributed by atoms with Gasteiger partial charge in [-0.2, -0.15) is 0 Å². The van der Waals surface area contributed by atoms with Crippen molar-refractivity contribution in [2.75, 3.05) is 0 Å². The van der Waals surface area contributed by atoms with Gasteiger partial charge in [0.2, 0.25) is 5.91 Å². The number of hydrogen-bond donors (Lipinski definition) is 1. The van der Waals surface area contributed by atoms with E-state index in [1.165, 1.54) is 11.3 Å². The zero-order chi connectivity index (χ0) is 16.2. The van der Waals surface area contributed by atoms with E-state index in [0.717, 1.165) is 5.39 Å². The fourth-order valence-corrected chi connectivity index (χ4v) is 3.09. The van der Waals surface area contributed by atoms with E-state index in [0.29, 0.717) is 16.2 Å². The van der Waals surface area contributed by atoms with Crippen LogP contribution in [0.3, 0.4) is 0 Å². The van der Waals surface area contributed by atoms with Gasteiger partial charge in [0.1, 0.15) is 5.69 Å². The maximum atomic E-state index is 12.1. The van der Waals surface area contributed by atoms with Gasteiger partial charge in [-0.25, -0.2) is 0 Å². The molecule has 3 rings (SSSR count). The molecule has 118 valence electrons. The number of rotatable bonds is 6. The highest BCUT2D eigenvalue weighted by atomic mass is 32.1. The molecule has 1 amide bonds. The van der Waals surface area contributed by atoms with Crippen molar-refractivity contribution in [2.45, 2.75) is 25.8 Å². The van der Waals surface area contributed by atoms with Crippen LogP contribution in [0, 0.1) is 0 Å². The molecule has 0 fully saturated rings. The molecule has 1 unspecified atom stereocenters. The Morgan fingerprint density at radius 2 is 2.09 bits per heavy atom. The summed E-state index contributed by atoms with van der Waals surface area (Å²) in [6.45, 7) is 1.82. The van der Waals surface area contributed by atoms with Crippen molar-refractivity contribution in [1.29, 1.82) is 0 Å². The van der Waals surface area contributed by atoms with Crippen LogP contribution in [0.15, 0.2) is 46.3 Å². The molecule has 1 atom stereocenters. The predicted octanol–water partition coefficient (Wildman–Crippen LogP) is 3.21. The molecule has 0 saturated heterocycles. The number of carbonyl (C=O) groups excluding carboxylic acids is 2. The Hall–Kier alpha value is -2.47. The van der Waals surface area contributed by atoms with Gasteiger partial charge in [-0.3, -0.25) is 9.59 Å². The minimum atomic E-state index is -0.227. The third kappa shape index (κ3) is 3.65. The van der Waals surface area contributed by atoms with Gasteiger partial charge < -0.3 is 9.84 Å². The van der Waals surface area contributed by atoms with Gasteiger partial charge >= 0.3 is 0 Å². The van der Waals surface area contributed by atoms with Gasteiger partial charge in [0, 0.05) is 17.8 Å². The molecule has 0 bridgehead atoms. The van der Waals surface area contributed by atoms with Crippen molar-refractivity contribution in [1.82, 2.24) is 10.5 Å². The van der Waals surface area contributed by atoms with Gasteiger partial charge in [-0.05, 0) is 30.5 Å². The molecule has 2 heterocycles. The van der Waals surface area contributed by atoms with Gasteiger partial charge in [0.25, 0.3) is 0 Å². The summed E-state index contributed by atoms with van der Waals surface area (Å²) in [7, 11) is 0. The Bertz CT molecular complexity index is 823. The van der Waals surface area contributed by atoms with Crippen LogP contribution in [0.1, 0.15) is 28.7 Å². The molecular weight excluding hydrogens is 312 g/mol. The molecular formula is C17H16N2O3S. The molecule has 0 aliphatic carbocycles. The molecule has 5 nitrogen and oxygen atoms in total. The first kappa shape index (κ1) is 15.4. The first-order valence-corrected chi connectivity index (χ1v) is 8.21. The van der Waals surface area contributed by atoms with Crippen molar-refractivity contribution in [2.24, 2.45) is 0 Å². The molecule has 23 heavy (non-hydrogen) atoms. The van der Waals surface area contributed by atoms with Gasteiger partial charge in [-0.15, -0.1) is 11.3 Å². The summed E-state index contributed by atoms with van der Waals surface area (Å²) in [5.41, 5.74) is 1.27. The molecule has 0 radical (unpaired) electrons. The maximum absolute atomic E-state index is 12.1. The van der Waals surface area contributed by atoms with Crippen LogP contribution in [-0.4, -0.2) is 22.9 Å². The number of ketones is 1. The van der Waals surface area contributed by atoms with E-state index in [9.17, 15) is 9.59 Å². The van der Waals surface area contributed by atoms with Gasteiger partial charge in [0.05, 0.1) is 11.3 Å². The fourth-order valence-electron chi connectivity index (χ4n) is 2.41. The number of amides is 1. The standard InChI is InChI=1S/C17H16N2O3S/c1-11(9-14(20)16-7-4-8-23-16)18-17(21)10-13-12-5-2-3-6-15(12)22-19-13/h2-8,11H,9-10H2,1H3,(H,18,21).